The highest BCUT2D eigenvalue weighted by Gasteiger charge is 2.12. The third-order valence-electron chi connectivity index (χ3n) is 4.15. The van der Waals surface area contributed by atoms with E-state index in [1.165, 1.54) is 0 Å². The van der Waals surface area contributed by atoms with E-state index >= 15 is 0 Å². The molecule has 0 spiro atoms. The number of para-hydroxylation sites is 1. The minimum Gasteiger partial charge on any atom is -0.385 e. The van der Waals surface area contributed by atoms with Crippen molar-refractivity contribution in [1.29, 1.82) is 0 Å². The summed E-state index contributed by atoms with van der Waals surface area (Å²) in [5.41, 5.74) is 7.41. The zero-order chi connectivity index (χ0) is 20.6. The molecular formula is C21H22Cl2N6. The van der Waals surface area contributed by atoms with Crippen molar-refractivity contribution >= 4 is 46.1 Å². The Morgan fingerprint density at radius 1 is 1.14 bits per heavy atom. The number of anilines is 1. The molecule has 0 fully saturated rings. The van der Waals surface area contributed by atoms with Gasteiger partial charge in [0, 0.05) is 42.3 Å². The molecular weight excluding hydrogens is 407 g/mol. The number of benzene rings is 2. The molecule has 0 unspecified atom stereocenters. The number of nitrogens with zero attached hydrogens (tertiary/aromatic N) is 3. The van der Waals surface area contributed by atoms with E-state index in [0.717, 1.165) is 41.8 Å². The van der Waals surface area contributed by atoms with Crippen LogP contribution in [0.15, 0.2) is 59.4 Å². The second-order valence-corrected chi connectivity index (χ2v) is 7.12. The van der Waals surface area contributed by atoms with Crippen LogP contribution in [0.4, 0.5) is 5.82 Å². The molecule has 0 aliphatic carbocycles. The number of allylic oxidation sites excluding steroid dienone is 1. The summed E-state index contributed by atoms with van der Waals surface area (Å²) in [6, 6.07) is 13.2. The van der Waals surface area contributed by atoms with Crippen LogP contribution in [0.1, 0.15) is 6.42 Å². The lowest BCUT2D eigenvalue weighted by Crippen LogP contribution is -2.23. The van der Waals surface area contributed by atoms with E-state index < -0.39 is 0 Å². The third-order valence-corrected chi connectivity index (χ3v) is 4.70. The molecule has 0 saturated carbocycles. The van der Waals surface area contributed by atoms with Crippen LogP contribution in [-0.2, 0) is 0 Å². The quantitative estimate of drug-likeness (QED) is 0.363. The van der Waals surface area contributed by atoms with Crippen LogP contribution >= 0.6 is 23.2 Å². The van der Waals surface area contributed by atoms with Crippen LogP contribution in [0, 0.1) is 0 Å². The zero-order valence-corrected chi connectivity index (χ0v) is 17.5. The molecule has 0 amide bonds. The van der Waals surface area contributed by atoms with Crippen LogP contribution in [0.2, 0.25) is 10.0 Å². The largest absolute Gasteiger partial charge is 0.385 e. The standard InChI is InChI=1S/C21H22Cl2N6/c1-25-12-9-19(24)26-10-4-11-27-20-16-5-2-3-6-18(16)28-21(29-20)15-8-7-14(22)13-17(15)23/h2-3,5-9,12-13,26H,4,10-11,24H2,1H3,(H,27,28,29)/b19-9+,25-12-. The van der Waals surface area contributed by atoms with Gasteiger partial charge in [-0.1, -0.05) is 35.3 Å². The minimum absolute atomic E-state index is 0.515. The molecule has 3 aromatic rings. The Morgan fingerprint density at radius 2 is 1.97 bits per heavy atom. The first-order chi connectivity index (χ1) is 14.1. The van der Waals surface area contributed by atoms with Crippen molar-refractivity contribution in [3.63, 3.8) is 0 Å². The zero-order valence-electron chi connectivity index (χ0n) is 16.0. The normalized spacial score (nSPS) is 11.9. The van der Waals surface area contributed by atoms with E-state index in [4.69, 9.17) is 33.9 Å². The second-order valence-electron chi connectivity index (χ2n) is 6.27. The summed E-state index contributed by atoms with van der Waals surface area (Å²) in [6.07, 6.45) is 4.23. The molecule has 150 valence electrons. The van der Waals surface area contributed by atoms with Gasteiger partial charge < -0.3 is 16.4 Å². The highest BCUT2D eigenvalue weighted by atomic mass is 35.5. The first-order valence-corrected chi connectivity index (χ1v) is 9.92. The van der Waals surface area contributed by atoms with Crippen molar-refractivity contribution in [1.82, 2.24) is 15.3 Å². The van der Waals surface area contributed by atoms with Gasteiger partial charge in [-0.05, 0) is 42.8 Å². The van der Waals surface area contributed by atoms with Crippen LogP contribution in [-0.4, -0.2) is 36.3 Å². The predicted octanol–water partition coefficient (Wildman–Crippen LogP) is 4.50. The number of aromatic nitrogens is 2. The highest BCUT2D eigenvalue weighted by Crippen LogP contribution is 2.31. The summed E-state index contributed by atoms with van der Waals surface area (Å²) in [7, 11) is 1.70. The maximum absolute atomic E-state index is 6.36. The summed E-state index contributed by atoms with van der Waals surface area (Å²) < 4.78 is 0. The van der Waals surface area contributed by atoms with E-state index in [9.17, 15) is 0 Å². The molecule has 1 heterocycles. The summed E-state index contributed by atoms with van der Waals surface area (Å²) >= 11 is 12.4. The smallest absolute Gasteiger partial charge is 0.163 e. The van der Waals surface area contributed by atoms with E-state index in [1.54, 1.807) is 31.5 Å². The van der Waals surface area contributed by atoms with Crippen molar-refractivity contribution in [3.05, 3.63) is 64.4 Å². The topological polar surface area (TPSA) is 88.2 Å². The fraction of sp³-hybridized carbons (Fsp3) is 0.190. The fourth-order valence-corrected chi connectivity index (χ4v) is 3.24. The molecule has 0 bridgehead atoms. The maximum atomic E-state index is 6.36. The van der Waals surface area contributed by atoms with E-state index in [1.807, 2.05) is 30.3 Å². The van der Waals surface area contributed by atoms with Gasteiger partial charge in [-0.25, -0.2) is 9.97 Å². The van der Waals surface area contributed by atoms with E-state index in [0.29, 0.717) is 21.7 Å². The number of halogens is 2. The minimum atomic E-state index is 0.515. The first kappa shape index (κ1) is 20.9. The molecule has 3 rings (SSSR count). The van der Waals surface area contributed by atoms with Gasteiger partial charge in [0.25, 0.3) is 0 Å². The van der Waals surface area contributed by atoms with E-state index in [-0.39, 0.29) is 0 Å². The lowest BCUT2D eigenvalue weighted by Gasteiger charge is -2.12. The van der Waals surface area contributed by atoms with Gasteiger partial charge in [-0.2, -0.15) is 0 Å². The van der Waals surface area contributed by atoms with Gasteiger partial charge >= 0.3 is 0 Å². The van der Waals surface area contributed by atoms with Gasteiger partial charge in [0.15, 0.2) is 5.82 Å². The number of hydrogen-bond donors (Lipinski definition) is 3. The molecule has 0 saturated heterocycles. The Hall–Kier alpha value is -2.83. The average Bonchev–Trinajstić information content (AvgIpc) is 2.71. The molecule has 1 aromatic heterocycles. The Morgan fingerprint density at radius 3 is 2.76 bits per heavy atom. The van der Waals surface area contributed by atoms with Crippen molar-refractivity contribution in [2.75, 3.05) is 25.5 Å². The van der Waals surface area contributed by atoms with Crippen LogP contribution in [0.25, 0.3) is 22.3 Å². The Labute approximate surface area is 179 Å². The van der Waals surface area contributed by atoms with Gasteiger partial charge in [0.2, 0.25) is 0 Å². The Kier molecular flexibility index (Phi) is 7.27. The first-order valence-electron chi connectivity index (χ1n) is 9.16. The fourth-order valence-electron chi connectivity index (χ4n) is 2.74. The SMILES string of the molecule is C/N=C\C=C(/N)NCCCNc1nc(-c2ccc(Cl)cc2Cl)nc2ccccc12. The van der Waals surface area contributed by atoms with Gasteiger partial charge in [-0.15, -0.1) is 0 Å². The molecule has 0 aliphatic heterocycles. The van der Waals surface area contributed by atoms with Crippen molar-refractivity contribution in [2.45, 2.75) is 6.42 Å². The molecule has 0 aliphatic rings. The van der Waals surface area contributed by atoms with Crippen LogP contribution in [0.3, 0.4) is 0 Å². The summed E-state index contributed by atoms with van der Waals surface area (Å²) in [4.78, 5) is 13.2. The number of rotatable bonds is 8. The lowest BCUT2D eigenvalue weighted by atomic mass is 10.1. The summed E-state index contributed by atoms with van der Waals surface area (Å²) in [5, 5.41) is 8.57. The number of nitrogens with two attached hydrogens (primary N) is 1. The van der Waals surface area contributed by atoms with Gasteiger partial charge in [0.1, 0.15) is 5.82 Å². The van der Waals surface area contributed by atoms with Crippen molar-refractivity contribution < 1.29 is 0 Å². The number of nitrogens with one attached hydrogen (secondary N) is 2. The third kappa shape index (κ3) is 5.59. The molecule has 2 aromatic carbocycles. The molecule has 29 heavy (non-hydrogen) atoms. The second kappa shape index (κ2) is 10.1. The van der Waals surface area contributed by atoms with E-state index in [2.05, 4.69) is 20.6 Å². The summed E-state index contributed by atoms with van der Waals surface area (Å²) in [6.45, 7) is 1.45. The highest BCUT2D eigenvalue weighted by molar-refractivity contribution is 6.36. The average molecular weight is 429 g/mol. The number of aliphatic imine (C=N–C) groups is 1. The van der Waals surface area contributed by atoms with Gasteiger partial charge in [-0.3, -0.25) is 4.99 Å². The van der Waals surface area contributed by atoms with Crippen molar-refractivity contribution in [3.8, 4) is 11.4 Å². The molecule has 6 nitrogen and oxygen atoms in total. The predicted molar refractivity (Wildman–Crippen MR) is 123 cm³/mol. The maximum Gasteiger partial charge on any atom is 0.163 e. The van der Waals surface area contributed by atoms with Crippen LogP contribution in [0.5, 0.6) is 0 Å². The Bertz CT molecular complexity index is 1050. The molecule has 4 N–H and O–H groups in total. The van der Waals surface area contributed by atoms with Gasteiger partial charge in [0.05, 0.1) is 16.4 Å². The number of hydrogen-bond acceptors (Lipinski definition) is 6. The molecule has 0 radical (unpaired) electrons. The Balaban J connectivity index is 1.76. The summed E-state index contributed by atoms with van der Waals surface area (Å²) in [5.74, 6) is 1.90. The molecule has 8 heteroatoms. The molecule has 0 atom stereocenters. The lowest BCUT2D eigenvalue weighted by molar-refractivity contribution is 0.740. The number of fused-ring (bicyclic) bond motifs is 1. The van der Waals surface area contributed by atoms with Crippen LogP contribution < -0.4 is 16.4 Å². The monoisotopic (exact) mass is 428 g/mol. The van der Waals surface area contributed by atoms with Crippen molar-refractivity contribution in [2.24, 2.45) is 10.7 Å².